The number of benzene rings is 2. The number of thioether (sulfide) groups is 1. The van der Waals surface area contributed by atoms with E-state index in [-0.39, 0.29) is 11.8 Å². The minimum atomic E-state index is -0.0299. The van der Waals surface area contributed by atoms with Gasteiger partial charge in [-0.25, -0.2) is 0 Å². The monoisotopic (exact) mass is 448 g/mol. The molecule has 2 N–H and O–H groups in total. The van der Waals surface area contributed by atoms with E-state index >= 15 is 0 Å². The molecule has 0 fully saturated rings. The molecule has 0 heterocycles. The highest BCUT2D eigenvalue weighted by molar-refractivity contribution is 9.10. The first-order chi connectivity index (χ1) is 12.8. The van der Waals surface area contributed by atoms with Crippen molar-refractivity contribution in [3.63, 3.8) is 0 Å². The number of aryl methyl sites for hydroxylation is 3. The van der Waals surface area contributed by atoms with Crippen LogP contribution < -0.4 is 10.6 Å². The quantitative estimate of drug-likeness (QED) is 0.526. The molecule has 0 bridgehead atoms. The van der Waals surface area contributed by atoms with Crippen LogP contribution in [0.15, 0.2) is 40.9 Å². The SMILES string of the molecule is Cc1cc(C)c(NC(=O)CCCSCC(=O)Nc2ccc(Br)cc2)c(C)c1. The number of nitrogens with one attached hydrogen (secondary N) is 2. The van der Waals surface area contributed by atoms with E-state index in [4.69, 9.17) is 0 Å². The number of rotatable bonds is 8. The van der Waals surface area contributed by atoms with Crippen LogP contribution in [0, 0.1) is 20.8 Å². The second kappa shape index (κ2) is 10.5. The molecule has 2 aromatic carbocycles. The minimum absolute atomic E-state index is 0.0185. The molecule has 0 aliphatic carbocycles. The average molecular weight is 449 g/mol. The van der Waals surface area contributed by atoms with E-state index in [1.54, 1.807) is 0 Å². The molecule has 0 unspecified atom stereocenters. The van der Waals surface area contributed by atoms with E-state index < -0.39 is 0 Å². The fourth-order valence-electron chi connectivity index (χ4n) is 2.81. The van der Waals surface area contributed by atoms with Gasteiger partial charge in [-0.05, 0) is 68.3 Å². The van der Waals surface area contributed by atoms with E-state index in [0.29, 0.717) is 12.2 Å². The van der Waals surface area contributed by atoms with Gasteiger partial charge in [0.2, 0.25) is 11.8 Å². The maximum Gasteiger partial charge on any atom is 0.234 e. The van der Waals surface area contributed by atoms with Crippen molar-refractivity contribution in [2.45, 2.75) is 33.6 Å². The van der Waals surface area contributed by atoms with E-state index in [1.807, 2.05) is 38.1 Å². The van der Waals surface area contributed by atoms with Crippen molar-refractivity contribution < 1.29 is 9.59 Å². The standard InChI is InChI=1S/C21H25BrN2O2S/c1-14-11-15(2)21(16(3)12-14)24-19(25)5-4-10-27-13-20(26)23-18-8-6-17(22)7-9-18/h6-9,11-12H,4-5,10,13H2,1-3H3,(H,23,26)(H,24,25). The summed E-state index contributed by atoms with van der Waals surface area (Å²) in [7, 11) is 0. The maximum absolute atomic E-state index is 12.2. The first-order valence-corrected chi connectivity index (χ1v) is 10.8. The summed E-state index contributed by atoms with van der Waals surface area (Å²) < 4.78 is 0.976. The van der Waals surface area contributed by atoms with Gasteiger partial charge in [0, 0.05) is 22.3 Å². The molecule has 0 aliphatic heterocycles. The second-order valence-corrected chi connectivity index (χ2v) is 8.55. The summed E-state index contributed by atoms with van der Waals surface area (Å²) in [6.07, 6.45) is 1.19. The molecule has 27 heavy (non-hydrogen) atoms. The lowest BCUT2D eigenvalue weighted by Gasteiger charge is -2.12. The Morgan fingerprint density at radius 1 is 0.963 bits per heavy atom. The van der Waals surface area contributed by atoms with Crippen molar-refractivity contribution in [3.05, 3.63) is 57.6 Å². The van der Waals surface area contributed by atoms with Crippen LogP contribution in [-0.2, 0) is 9.59 Å². The predicted molar refractivity (Wildman–Crippen MR) is 119 cm³/mol. The molecular formula is C21H25BrN2O2S. The maximum atomic E-state index is 12.2. The van der Waals surface area contributed by atoms with Crippen LogP contribution >= 0.6 is 27.7 Å². The van der Waals surface area contributed by atoms with Crippen LogP contribution in [0.5, 0.6) is 0 Å². The van der Waals surface area contributed by atoms with Gasteiger partial charge in [-0.15, -0.1) is 0 Å². The Hall–Kier alpha value is -1.79. The van der Waals surface area contributed by atoms with E-state index in [9.17, 15) is 9.59 Å². The first kappa shape index (κ1) is 21.5. The van der Waals surface area contributed by atoms with Gasteiger partial charge in [0.1, 0.15) is 0 Å². The predicted octanol–water partition coefficient (Wildman–Crippen LogP) is 5.46. The Morgan fingerprint density at radius 3 is 2.22 bits per heavy atom. The van der Waals surface area contributed by atoms with Crippen molar-refractivity contribution in [1.82, 2.24) is 0 Å². The van der Waals surface area contributed by atoms with E-state index in [2.05, 4.69) is 45.6 Å². The van der Waals surface area contributed by atoms with Crippen molar-refractivity contribution in [2.24, 2.45) is 0 Å². The lowest BCUT2D eigenvalue weighted by atomic mass is 10.0. The van der Waals surface area contributed by atoms with Crippen LogP contribution in [0.25, 0.3) is 0 Å². The number of amides is 2. The zero-order valence-corrected chi connectivity index (χ0v) is 18.3. The number of hydrogen-bond donors (Lipinski definition) is 2. The van der Waals surface area contributed by atoms with Gasteiger partial charge in [0.15, 0.2) is 0 Å². The van der Waals surface area contributed by atoms with E-state index in [1.165, 1.54) is 17.3 Å². The molecule has 144 valence electrons. The van der Waals surface area contributed by atoms with Crippen molar-refractivity contribution >= 4 is 50.9 Å². The average Bonchev–Trinajstić information content (AvgIpc) is 2.60. The summed E-state index contributed by atoms with van der Waals surface area (Å²) in [5.41, 5.74) is 5.06. The number of hydrogen-bond acceptors (Lipinski definition) is 3. The fraction of sp³-hybridized carbons (Fsp3) is 0.333. The highest BCUT2D eigenvalue weighted by Gasteiger charge is 2.09. The third kappa shape index (κ3) is 7.39. The Morgan fingerprint density at radius 2 is 1.59 bits per heavy atom. The summed E-state index contributed by atoms with van der Waals surface area (Å²) in [5.74, 6) is 1.14. The van der Waals surface area contributed by atoms with Crippen molar-refractivity contribution in [1.29, 1.82) is 0 Å². The van der Waals surface area contributed by atoms with Gasteiger partial charge in [0.05, 0.1) is 5.75 Å². The minimum Gasteiger partial charge on any atom is -0.326 e. The third-order valence-corrected chi connectivity index (χ3v) is 5.57. The Labute approximate surface area is 173 Å². The highest BCUT2D eigenvalue weighted by atomic mass is 79.9. The Balaban J connectivity index is 1.65. The van der Waals surface area contributed by atoms with Crippen LogP contribution in [0.3, 0.4) is 0 Å². The molecular weight excluding hydrogens is 424 g/mol. The van der Waals surface area contributed by atoms with Crippen LogP contribution in [0.4, 0.5) is 11.4 Å². The molecule has 0 aromatic heterocycles. The van der Waals surface area contributed by atoms with Crippen molar-refractivity contribution in [2.75, 3.05) is 22.1 Å². The zero-order chi connectivity index (χ0) is 19.8. The number of carbonyl (C=O) groups is 2. The lowest BCUT2D eigenvalue weighted by Crippen LogP contribution is -2.15. The summed E-state index contributed by atoms with van der Waals surface area (Å²) >= 11 is 4.90. The van der Waals surface area contributed by atoms with Crippen LogP contribution in [0.2, 0.25) is 0 Å². The molecule has 0 radical (unpaired) electrons. The first-order valence-electron chi connectivity index (χ1n) is 8.86. The number of carbonyl (C=O) groups excluding carboxylic acids is 2. The van der Waals surface area contributed by atoms with Gasteiger partial charge >= 0.3 is 0 Å². The third-order valence-electron chi connectivity index (χ3n) is 4.00. The summed E-state index contributed by atoms with van der Waals surface area (Å²) in [5, 5.41) is 5.87. The van der Waals surface area contributed by atoms with Gasteiger partial charge in [-0.3, -0.25) is 9.59 Å². The molecule has 4 nitrogen and oxygen atoms in total. The smallest absolute Gasteiger partial charge is 0.234 e. The highest BCUT2D eigenvalue weighted by Crippen LogP contribution is 2.22. The molecule has 0 saturated heterocycles. The van der Waals surface area contributed by atoms with E-state index in [0.717, 1.165) is 39.1 Å². The van der Waals surface area contributed by atoms with Crippen LogP contribution in [0.1, 0.15) is 29.5 Å². The largest absolute Gasteiger partial charge is 0.326 e. The topological polar surface area (TPSA) is 58.2 Å². The fourth-order valence-corrected chi connectivity index (χ4v) is 3.82. The molecule has 2 aromatic rings. The zero-order valence-electron chi connectivity index (χ0n) is 15.9. The number of anilines is 2. The normalized spacial score (nSPS) is 10.5. The van der Waals surface area contributed by atoms with Gasteiger partial charge in [0.25, 0.3) is 0 Å². The summed E-state index contributed by atoms with van der Waals surface area (Å²) in [6, 6.07) is 11.6. The number of halogens is 1. The lowest BCUT2D eigenvalue weighted by molar-refractivity contribution is -0.116. The molecule has 0 saturated carbocycles. The van der Waals surface area contributed by atoms with Gasteiger partial charge in [-0.2, -0.15) is 11.8 Å². The molecule has 0 spiro atoms. The van der Waals surface area contributed by atoms with Crippen LogP contribution in [-0.4, -0.2) is 23.3 Å². The van der Waals surface area contributed by atoms with Gasteiger partial charge < -0.3 is 10.6 Å². The summed E-state index contributed by atoms with van der Waals surface area (Å²) in [4.78, 5) is 24.1. The molecule has 2 rings (SSSR count). The molecule has 6 heteroatoms. The molecule has 2 amide bonds. The summed E-state index contributed by atoms with van der Waals surface area (Å²) in [6.45, 7) is 6.07. The van der Waals surface area contributed by atoms with Crippen molar-refractivity contribution in [3.8, 4) is 0 Å². The Kier molecular flexibility index (Phi) is 8.38. The molecule has 0 atom stereocenters. The second-order valence-electron chi connectivity index (χ2n) is 6.53. The molecule has 0 aliphatic rings. The Bertz CT molecular complexity index is 783. The van der Waals surface area contributed by atoms with Gasteiger partial charge in [-0.1, -0.05) is 33.6 Å².